The average Bonchev–Trinajstić information content (AvgIpc) is 2.73. The second-order valence-electron chi connectivity index (χ2n) is 7.00. The molecule has 6 heteroatoms. The second kappa shape index (κ2) is 10.1. The highest BCUT2D eigenvalue weighted by Gasteiger charge is 2.24. The van der Waals surface area contributed by atoms with Crippen LogP contribution >= 0.6 is 0 Å². The van der Waals surface area contributed by atoms with Gasteiger partial charge >= 0.3 is 0 Å². The van der Waals surface area contributed by atoms with E-state index in [1.807, 2.05) is 36.4 Å². The summed E-state index contributed by atoms with van der Waals surface area (Å²) in [5.74, 6) is 1.39. The summed E-state index contributed by atoms with van der Waals surface area (Å²) in [6.07, 6.45) is 1.67. The number of rotatable bonds is 8. The number of likely N-dealkylation sites (tertiary alicyclic amines) is 1. The number of nitrogens with one attached hydrogen (secondary N) is 1. The van der Waals surface area contributed by atoms with Gasteiger partial charge in [0.15, 0.2) is 0 Å². The lowest BCUT2D eigenvalue weighted by Gasteiger charge is -2.31. The maximum Gasteiger partial charge on any atom is 0.223 e. The fourth-order valence-corrected chi connectivity index (χ4v) is 3.38. The lowest BCUT2D eigenvalue weighted by atomic mass is 9.95. The van der Waals surface area contributed by atoms with Crippen LogP contribution in [0.4, 0.5) is 4.39 Å². The molecule has 0 spiro atoms. The van der Waals surface area contributed by atoms with Gasteiger partial charge in [0.25, 0.3) is 0 Å². The summed E-state index contributed by atoms with van der Waals surface area (Å²) in [5, 5.41) is 2.97. The van der Waals surface area contributed by atoms with Crippen molar-refractivity contribution < 1.29 is 18.7 Å². The van der Waals surface area contributed by atoms with E-state index in [1.54, 1.807) is 7.11 Å². The topological polar surface area (TPSA) is 50.8 Å². The van der Waals surface area contributed by atoms with E-state index < -0.39 is 0 Å². The van der Waals surface area contributed by atoms with E-state index in [4.69, 9.17) is 9.47 Å². The molecule has 150 valence electrons. The zero-order valence-electron chi connectivity index (χ0n) is 16.2. The van der Waals surface area contributed by atoms with Gasteiger partial charge in [0.1, 0.15) is 23.9 Å². The van der Waals surface area contributed by atoms with Gasteiger partial charge in [-0.15, -0.1) is 0 Å². The summed E-state index contributed by atoms with van der Waals surface area (Å²) in [5.41, 5.74) is 1.10. The quantitative estimate of drug-likeness (QED) is 0.708. The Hall–Kier alpha value is -2.60. The summed E-state index contributed by atoms with van der Waals surface area (Å²) in [6, 6.07) is 14.0. The van der Waals surface area contributed by atoms with Gasteiger partial charge in [-0.2, -0.15) is 0 Å². The normalized spacial score (nSPS) is 15.2. The fraction of sp³-hybridized carbons (Fsp3) is 0.409. The molecule has 0 radical (unpaired) electrons. The van der Waals surface area contributed by atoms with Crippen LogP contribution in [-0.4, -0.2) is 44.2 Å². The summed E-state index contributed by atoms with van der Waals surface area (Å²) in [7, 11) is 1.62. The van der Waals surface area contributed by atoms with Crippen LogP contribution in [0.25, 0.3) is 0 Å². The Balaban J connectivity index is 1.34. The van der Waals surface area contributed by atoms with Crippen molar-refractivity contribution in [2.75, 3.05) is 33.4 Å². The molecule has 0 bridgehead atoms. The highest BCUT2D eigenvalue weighted by atomic mass is 19.1. The molecule has 0 saturated carbocycles. The minimum absolute atomic E-state index is 0.0429. The maximum absolute atomic E-state index is 13.0. The summed E-state index contributed by atoms with van der Waals surface area (Å²) < 4.78 is 23.8. The van der Waals surface area contributed by atoms with E-state index in [0.717, 1.165) is 49.5 Å². The average molecular weight is 386 g/mol. The van der Waals surface area contributed by atoms with Crippen molar-refractivity contribution in [1.82, 2.24) is 10.2 Å². The first-order chi connectivity index (χ1) is 13.6. The molecular weight excluding hydrogens is 359 g/mol. The smallest absolute Gasteiger partial charge is 0.223 e. The van der Waals surface area contributed by atoms with E-state index in [9.17, 15) is 9.18 Å². The molecule has 2 aromatic rings. The first-order valence-electron chi connectivity index (χ1n) is 9.65. The third-order valence-electron chi connectivity index (χ3n) is 4.99. The third-order valence-corrected chi connectivity index (χ3v) is 4.99. The molecule has 1 fully saturated rings. The predicted octanol–water partition coefficient (Wildman–Crippen LogP) is 3.24. The molecule has 5 nitrogen and oxygen atoms in total. The van der Waals surface area contributed by atoms with Crippen molar-refractivity contribution in [3.63, 3.8) is 0 Å². The number of amides is 1. The van der Waals surface area contributed by atoms with E-state index in [-0.39, 0.29) is 17.6 Å². The maximum atomic E-state index is 13.0. The molecule has 1 aliphatic rings. The molecule has 2 aromatic carbocycles. The zero-order chi connectivity index (χ0) is 19.8. The molecule has 1 aliphatic heterocycles. The Labute approximate surface area is 165 Å². The minimum atomic E-state index is -0.213. The van der Waals surface area contributed by atoms with Crippen LogP contribution in [0, 0.1) is 11.7 Å². The standard InChI is InChI=1S/C22H27FN2O3/c1-27-20-3-2-4-21(15-20)28-14-11-24-22(26)18-9-12-25(13-10-18)16-17-5-7-19(23)8-6-17/h2-8,15,18H,9-14,16H2,1H3,(H,24,26). The number of carbonyl (C=O) groups excluding carboxylic acids is 1. The third kappa shape index (κ3) is 5.96. The lowest BCUT2D eigenvalue weighted by molar-refractivity contribution is -0.126. The highest BCUT2D eigenvalue weighted by Crippen LogP contribution is 2.20. The van der Waals surface area contributed by atoms with Gasteiger partial charge in [-0.05, 0) is 55.8 Å². The van der Waals surface area contributed by atoms with E-state index in [0.29, 0.717) is 13.2 Å². The van der Waals surface area contributed by atoms with Crippen molar-refractivity contribution in [1.29, 1.82) is 0 Å². The molecule has 1 saturated heterocycles. The van der Waals surface area contributed by atoms with Gasteiger partial charge in [-0.25, -0.2) is 4.39 Å². The van der Waals surface area contributed by atoms with Gasteiger partial charge in [0, 0.05) is 18.5 Å². The number of benzene rings is 2. The van der Waals surface area contributed by atoms with Crippen LogP contribution in [0.2, 0.25) is 0 Å². The molecular formula is C22H27FN2O3. The molecule has 0 aromatic heterocycles. The number of hydrogen-bond donors (Lipinski definition) is 1. The van der Waals surface area contributed by atoms with Gasteiger partial charge in [0.2, 0.25) is 5.91 Å². The van der Waals surface area contributed by atoms with Crippen LogP contribution in [0.5, 0.6) is 11.5 Å². The lowest BCUT2D eigenvalue weighted by Crippen LogP contribution is -2.41. The van der Waals surface area contributed by atoms with Crippen molar-refractivity contribution in [3.05, 3.63) is 59.9 Å². The van der Waals surface area contributed by atoms with Crippen molar-refractivity contribution in [2.24, 2.45) is 5.92 Å². The Morgan fingerprint density at radius 3 is 2.57 bits per heavy atom. The van der Waals surface area contributed by atoms with Crippen LogP contribution in [0.3, 0.4) is 0 Å². The molecule has 3 rings (SSSR count). The second-order valence-corrected chi connectivity index (χ2v) is 7.00. The number of halogens is 1. The molecule has 1 N–H and O–H groups in total. The van der Waals surface area contributed by atoms with E-state index >= 15 is 0 Å². The summed E-state index contributed by atoms with van der Waals surface area (Å²) in [6.45, 7) is 3.43. The summed E-state index contributed by atoms with van der Waals surface area (Å²) in [4.78, 5) is 14.7. The van der Waals surface area contributed by atoms with Gasteiger partial charge < -0.3 is 14.8 Å². The molecule has 28 heavy (non-hydrogen) atoms. The molecule has 1 heterocycles. The van der Waals surface area contributed by atoms with Crippen LogP contribution in [-0.2, 0) is 11.3 Å². The first-order valence-corrected chi connectivity index (χ1v) is 9.65. The Bertz CT molecular complexity index is 759. The Kier molecular flexibility index (Phi) is 7.25. The zero-order valence-corrected chi connectivity index (χ0v) is 16.2. The van der Waals surface area contributed by atoms with Gasteiger partial charge in [0.05, 0.1) is 13.7 Å². The minimum Gasteiger partial charge on any atom is -0.497 e. The number of ether oxygens (including phenoxy) is 2. The Morgan fingerprint density at radius 1 is 1.14 bits per heavy atom. The Morgan fingerprint density at radius 2 is 1.86 bits per heavy atom. The number of carbonyl (C=O) groups is 1. The van der Waals surface area contributed by atoms with Crippen molar-refractivity contribution >= 4 is 5.91 Å². The highest BCUT2D eigenvalue weighted by molar-refractivity contribution is 5.78. The number of piperidine rings is 1. The van der Waals surface area contributed by atoms with Crippen molar-refractivity contribution in [3.8, 4) is 11.5 Å². The van der Waals surface area contributed by atoms with E-state index in [2.05, 4.69) is 10.2 Å². The van der Waals surface area contributed by atoms with Gasteiger partial charge in [-0.3, -0.25) is 9.69 Å². The molecule has 0 aliphatic carbocycles. The van der Waals surface area contributed by atoms with Gasteiger partial charge in [-0.1, -0.05) is 18.2 Å². The van der Waals surface area contributed by atoms with Crippen LogP contribution in [0.15, 0.2) is 48.5 Å². The predicted molar refractivity (Wildman–Crippen MR) is 106 cm³/mol. The monoisotopic (exact) mass is 386 g/mol. The first kappa shape index (κ1) is 20.1. The molecule has 0 atom stereocenters. The van der Waals surface area contributed by atoms with Crippen LogP contribution in [0.1, 0.15) is 18.4 Å². The molecule has 0 unspecified atom stereocenters. The number of nitrogens with zero attached hydrogens (tertiary/aromatic N) is 1. The SMILES string of the molecule is COc1cccc(OCCNC(=O)C2CCN(Cc3ccc(F)cc3)CC2)c1. The number of hydrogen-bond acceptors (Lipinski definition) is 4. The summed E-state index contributed by atoms with van der Waals surface area (Å²) >= 11 is 0. The molecule has 1 amide bonds. The van der Waals surface area contributed by atoms with Crippen LogP contribution < -0.4 is 14.8 Å². The number of methoxy groups -OCH3 is 1. The fourth-order valence-electron chi connectivity index (χ4n) is 3.38. The largest absolute Gasteiger partial charge is 0.497 e. The van der Waals surface area contributed by atoms with Crippen molar-refractivity contribution in [2.45, 2.75) is 19.4 Å². The van der Waals surface area contributed by atoms with E-state index in [1.165, 1.54) is 12.1 Å².